The normalized spacial score (nSPS) is 21.9. The van der Waals surface area contributed by atoms with E-state index < -0.39 is 23.2 Å². The number of fused-ring (bicyclic) bond motifs is 2. The van der Waals surface area contributed by atoms with Gasteiger partial charge in [0.15, 0.2) is 0 Å². The summed E-state index contributed by atoms with van der Waals surface area (Å²) in [4.78, 5) is 34.6. The van der Waals surface area contributed by atoms with Crippen molar-refractivity contribution >= 4 is 5.91 Å². The SMILES string of the molecule is Cc1ncnn1-c1cc(F)ccc1CNC(=O)c1cc(=O)n2c(n1)C1(CCC(O)C1)COCC2. The number of aromatic nitrogens is 5. The number of hydrogen-bond acceptors (Lipinski definition) is 7. The van der Waals surface area contributed by atoms with Crippen LogP contribution in [0.3, 0.4) is 0 Å². The first-order chi connectivity index (χ1) is 16.4. The van der Waals surface area contributed by atoms with Crippen molar-refractivity contribution in [3.8, 4) is 5.69 Å². The number of benzene rings is 1. The highest BCUT2D eigenvalue weighted by atomic mass is 19.1. The molecular weight excluding hydrogens is 443 g/mol. The highest BCUT2D eigenvalue weighted by Gasteiger charge is 2.45. The predicted octanol–water partition coefficient (Wildman–Crippen LogP) is 1.01. The van der Waals surface area contributed by atoms with Gasteiger partial charge in [0.2, 0.25) is 0 Å². The highest BCUT2D eigenvalue weighted by Crippen LogP contribution is 2.41. The Bertz CT molecular complexity index is 1300. The highest BCUT2D eigenvalue weighted by molar-refractivity contribution is 5.92. The molecule has 2 atom stereocenters. The minimum absolute atomic E-state index is 0.000451. The van der Waals surface area contributed by atoms with E-state index in [1.54, 1.807) is 17.6 Å². The summed E-state index contributed by atoms with van der Waals surface area (Å²) in [7, 11) is 0. The molecule has 3 heterocycles. The summed E-state index contributed by atoms with van der Waals surface area (Å²) in [6.45, 7) is 2.87. The van der Waals surface area contributed by atoms with Crippen molar-refractivity contribution < 1.29 is 19.0 Å². The van der Waals surface area contributed by atoms with Crippen LogP contribution < -0.4 is 10.9 Å². The van der Waals surface area contributed by atoms with Crippen LogP contribution >= 0.6 is 0 Å². The number of hydrogen-bond donors (Lipinski definition) is 2. The molecule has 0 saturated heterocycles. The molecule has 1 fully saturated rings. The van der Waals surface area contributed by atoms with Gasteiger partial charge in [0.1, 0.15) is 29.5 Å². The Morgan fingerprint density at radius 3 is 2.97 bits per heavy atom. The summed E-state index contributed by atoms with van der Waals surface area (Å²) < 4.78 is 22.7. The predicted molar refractivity (Wildman–Crippen MR) is 118 cm³/mol. The van der Waals surface area contributed by atoms with Gasteiger partial charge in [0, 0.05) is 12.6 Å². The lowest BCUT2D eigenvalue weighted by atomic mass is 9.85. The number of halogens is 1. The summed E-state index contributed by atoms with van der Waals surface area (Å²) in [5, 5.41) is 17.1. The van der Waals surface area contributed by atoms with E-state index in [0.29, 0.717) is 61.9 Å². The zero-order valence-corrected chi connectivity index (χ0v) is 18.7. The lowest BCUT2D eigenvalue weighted by Gasteiger charge is -2.27. The second-order valence-corrected chi connectivity index (χ2v) is 8.86. The quantitative estimate of drug-likeness (QED) is 0.586. The van der Waals surface area contributed by atoms with Gasteiger partial charge in [0.05, 0.1) is 37.0 Å². The van der Waals surface area contributed by atoms with Gasteiger partial charge in [0.25, 0.3) is 11.5 Å². The van der Waals surface area contributed by atoms with Gasteiger partial charge in [-0.15, -0.1) is 0 Å². The Balaban J connectivity index is 1.44. The van der Waals surface area contributed by atoms with Gasteiger partial charge in [-0.25, -0.2) is 19.0 Å². The number of carbonyl (C=O) groups excluding carboxylic acids is 1. The summed E-state index contributed by atoms with van der Waals surface area (Å²) >= 11 is 0. The van der Waals surface area contributed by atoms with E-state index in [4.69, 9.17) is 4.74 Å². The monoisotopic (exact) mass is 468 g/mol. The van der Waals surface area contributed by atoms with E-state index in [0.717, 1.165) is 0 Å². The maximum atomic E-state index is 13.9. The molecule has 1 saturated carbocycles. The molecule has 0 radical (unpaired) electrons. The largest absolute Gasteiger partial charge is 0.393 e. The lowest BCUT2D eigenvalue weighted by molar-refractivity contribution is 0.0830. The fourth-order valence-corrected chi connectivity index (χ4v) is 4.85. The molecule has 1 spiro atoms. The first-order valence-electron chi connectivity index (χ1n) is 11.2. The van der Waals surface area contributed by atoms with Crippen LogP contribution in [0.4, 0.5) is 4.39 Å². The van der Waals surface area contributed by atoms with Crippen LogP contribution in [0.15, 0.2) is 35.4 Å². The maximum Gasteiger partial charge on any atom is 0.270 e. The Hall–Kier alpha value is -3.44. The third-order valence-electron chi connectivity index (χ3n) is 6.57. The molecule has 1 amide bonds. The molecule has 11 heteroatoms. The molecule has 3 aromatic rings. The molecule has 1 aliphatic heterocycles. The Morgan fingerprint density at radius 2 is 2.24 bits per heavy atom. The summed E-state index contributed by atoms with van der Waals surface area (Å²) in [6.07, 6.45) is 2.52. The molecule has 1 aliphatic carbocycles. The van der Waals surface area contributed by atoms with Crippen LogP contribution in [0.25, 0.3) is 5.69 Å². The van der Waals surface area contributed by atoms with Crippen LogP contribution in [0.2, 0.25) is 0 Å². The molecule has 34 heavy (non-hydrogen) atoms. The maximum absolute atomic E-state index is 13.9. The van der Waals surface area contributed by atoms with Crippen molar-refractivity contribution in [2.45, 2.75) is 50.8 Å². The molecule has 5 rings (SSSR count). The molecule has 2 aromatic heterocycles. The minimum Gasteiger partial charge on any atom is -0.393 e. The average molecular weight is 468 g/mol. The molecular formula is C23H25FN6O4. The fourth-order valence-electron chi connectivity index (χ4n) is 4.85. The van der Waals surface area contributed by atoms with Crippen molar-refractivity contribution in [1.82, 2.24) is 29.6 Å². The molecule has 0 bridgehead atoms. The van der Waals surface area contributed by atoms with E-state index in [-0.39, 0.29) is 17.8 Å². The molecule has 178 valence electrons. The molecule has 1 aromatic carbocycles. The van der Waals surface area contributed by atoms with Crippen LogP contribution in [-0.4, -0.2) is 54.6 Å². The second kappa shape index (κ2) is 8.73. The zero-order chi connectivity index (χ0) is 23.9. The van der Waals surface area contributed by atoms with Crippen molar-refractivity contribution in [1.29, 1.82) is 0 Å². The van der Waals surface area contributed by atoms with E-state index in [9.17, 15) is 19.1 Å². The van der Waals surface area contributed by atoms with E-state index >= 15 is 0 Å². The number of nitrogens with one attached hydrogen (secondary N) is 1. The van der Waals surface area contributed by atoms with Gasteiger partial charge in [-0.05, 0) is 43.9 Å². The molecule has 2 N–H and O–H groups in total. The second-order valence-electron chi connectivity index (χ2n) is 8.86. The van der Waals surface area contributed by atoms with Crippen molar-refractivity contribution in [3.63, 3.8) is 0 Å². The number of aliphatic hydroxyl groups excluding tert-OH is 1. The number of aryl methyl sites for hydroxylation is 1. The van der Waals surface area contributed by atoms with Gasteiger partial charge >= 0.3 is 0 Å². The van der Waals surface area contributed by atoms with Crippen LogP contribution in [0.1, 0.15) is 47.0 Å². The molecule has 2 unspecified atom stereocenters. The van der Waals surface area contributed by atoms with Crippen LogP contribution in [0, 0.1) is 12.7 Å². The van der Waals surface area contributed by atoms with Gasteiger partial charge in [-0.1, -0.05) is 6.07 Å². The van der Waals surface area contributed by atoms with E-state index in [1.807, 2.05) is 0 Å². The minimum atomic E-state index is -0.597. The summed E-state index contributed by atoms with van der Waals surface area (Å²) in [5.74, 6) is 0.0985. The average Bonchev–Trinajstić information content (AvgIpc) is 3.36. The van der Waals surface area contributed by atoms with Gasteiger partial charge in [-0.3, -0.25) is 14.2 Å². The Labute approximate surface area is 194 Å². The summed E-state index contributed by atoms with van der Waals surface area (Å²) in [5.41, 5.74) is 0.154. The Morgan fingerprint density at radius 1 is 1.38 bits per heavy atom. The number of rotatable bonds is 4. The number of amides is 1. The molecule has 2 aliphatic rings. The van der Waals surface area contributed by atoms with Crippen LogP contribution in [-0.2, 0) is 23.2 Å². The lowest BCUT2D eigenvalue weighted by Crippen LogP contribution is -2.38. The van der Waals surface area contributed by atoms with Gasteiger partial charge < -0.3 is 15.2 Å². The van der Waals surface area contributed by atoms with Crippen LogP contribution in [0.5, 0.6) is 0 Å². The number of carbonyl (C=O) groups is 1. The van der Waals surface area contributed by atoms with E-state index in [1.165, 1.54) is 29.2 Å². The zero-order valence-electron chi connectivity index (χ0n) is 18.7. The topological polar surface area (TPSA) is 124 Å². The number of aliphatic hydroxyl groups is 1. The van der Waals surface area contributed by atoms with Crippen molar-refractivity contribution in [2.24, 2.45) is 0 Å². The summed E-state index contributed by atoms with van der Waals surface area (Å²) in [6, 6.07) is 5.42. The Kier molecular flexibility index (Phi) is 5.74. The fraction of sp³-hybridized carbons (Fsp3) is 0.435. The number of ether oxygens (including phenoxy) is 1. The third kappa shape index (κ3) is 4.01. The van der Waals surface area contributed by atoms with Crippen molar-refractivity contribution in [3.05, 3.63) is 69.7 Å². The molecule has 10 nitrogen and oxygen atoms in total. The van der Waals surface area contributed by atoms with E-state index in [2.05, 4.69) is 20.4 Å². The standard InChI is InChI=1S/C23H25FN6O4/c1-14-26-13-27-30(14)19-8-16(24)3-2-15(19)11-25-21(33)18-9-20(32)29-6-7-34-12-23(22(29)28-18)5-4-17(31)10-23/h2-3,8-9,13,17,31H,4-7,10-12H2,1H3,(H,25,33). The smallest absolute Gasteiger partial charge is 0.270 e. The first kappa shape index (κ1) is 22.4. The number of nitrogens with zero attached hydrogens (tertiary/aromatic N) is 5. The third-order valence-corrected chi connectivity index (χ3v) is 6.57. The van der Waals surface area contributed by atoms with Gasteiger partial charge in [-0.2, -0.15) is 5.10 Å². The first-order valence-corrected chi connectivity index (χ1v) is 11.2. The van der Waals surface area contributed by atoms with Crippen molar-refractivity contribution in [2.75, 3.05) is 13.2 Å².